The van der Waals surface area contributed by atoms with Gasteiger partial charge in [0.05, 0.1) is 6.42 Å². The molecule has 0 amide bonds. The largest absolute Gasteiger partial charge is 0.465 e. The number of carbonyl (C=O) groups is 1. The molecule has 0 radical (unpaired) electrons. The minimum atomic E-state index is -0.0310. The summed E-state index contributed by atoms with van der Waals surface area (Å²) in [5, 5.41) is 0. The third-order valence-electron chi connectivity index (χ3n) is 2.53. The summed E-state index contributed by atoms with van der Waals surface area (Å²) in [7, 11) is 0. The second-order valence-corrected chi connectivity index (χ2v) is 3.49. The maximum atomic E-state index is 10.9. The Kier molecular flexibility index (Phi) is 1.48. The molecule has 0 aromatic rings. The summed E-state index contributed by atoms with van der Waals surface area (Å²) >= 11 is 0. The second-order valence-electron chi connectivity index (χ2n) is 3.49. The summed E-state index contributed by atoms with van der Waals surface area (Å²) in [5.41, 5.74) is 0.0926. The number of cyclic esters (lactones) is 1. The second kappa shape index (κ2) is 2.36. The molecule has 1 saturated heterocycles. The molecule has 1 spiro atoms. The molecule has 2 rings (SSSR count). The third-order valence-corrected chi connectivity index (χ3v) is 2.53. The van der Waals surface area contributed by atoms with Gasteiger partial charge in [0.15, 0.2) is 0 Å². The Balaban J connectivity index is 2.15. The zero-order valence-electron chi connectivity index (χ0n) is 6.51. The minimum absolute atomic E-state index is 0.0310. The first kappa shape index (κ1) is 6.89. The van der Waals surface area contributed by atoms with E-state index in [0.717, 1.165) is 12.8 Å². The molecule has 0 unspecified atom stereocenters. The van der Waals surface area contributed by atoms with Crippen LogP contribution in [-0.4, -0.2) is 12.6 Å². The highest BCUT2D eigenvalue weighted by molar-refractivity contribution is 5.73. The quantitative estimate of drug-likeness (QED) is 0.390. The number of hydrogen-bond acceptors (Lipinski definition) is 2. The van der Waals surface area contributed by atoms with E-state index < -0.39 is 0 Å². The highest BCUT2D eigenvalue weighted by Crippen LogP contribution is 2.38. The van der Waals surface area contributed by atoms with E-state index in [2.05, 4.69) is 12.2 Å². The topological polar surface area (TPSA) is 26.3 Å². The van der Waals surface area contributed by atoms with Crippen LogP contribution < -0.4 is 0 Å². The van der Waals surface area contributed by atoms with Gasteiger partial charge in [-0.15, -0.1) is 0 Å². The van der Waals surface area contributed by atoms with Crippen molar-refractivity contribution in [2.24, 2.45) is 5.41 Å². The Morgan fingerprint density at radius 1 is 1.55 bits per heavy atom. The first-order valence-electron chi connectivity index (χ1n) is 4.14. The van der Waals surface area contributed by atoms with Gasteiger partial charge in [-0.05, 0) is 19.3 Å². The zero-order chi connectivity index (χ0) is 7.73. The Morgan fingerprint density at radius 2 is 2.45 bits per heavy atom. The molecule has 0 aromatic heterocycles. The molecule has 11 heavy (non-hydrogen) atoms. The zero-order valence-corrected chi connectivity index (χ0v) is 6.51. The van der Waals surface area contributed by atoms with Crippen molar-refractivity contribution in [2.45, 2.75) is 25.7 Å². The van der Waals surface area contributed by atoms with E-state index in [1.165, 1.54) is 6.42 Å². The summed E-state index contributed by atoms with van der Waals surface area (Å²) in [6.07, 6.45) is 8.43. The molecule has 0 bridgehead atoms. The van der Waals surface area contributed by atoms with Gasteiger partial charge in [-0.1, -0.05) is 12.2 Å². The molecule has 60 valence electrons. The summed E-state index contributed by atoms with van der Waals surface area (Å²) in [5.74, 6) is -0.0310. The van der Waals surface area contributed by atoms with Gasteiger partial charge in [0.2, 0.25) is 0 Å². The van der Waals surface area contributed by atoms with Crippen molar-refractivity contribution in [3.8, 4) is 0 Å². The Morgan fingerprint density at radius 3 is 3.00 bits per heavy atom. The van der Waals surface area contributed by atoms with Gasteiger partial charge in [0.25, 0.3) is 0 Å². The Labute approximate surface area is 66.2 Å². The van der Waals surface area contributed by atoms with Crippen molar-refractivity contribution in [3.63, 3.8) is 0 Å². The predicted octanol–water partition coefficient (Wildman–Crippen LogP) is 1.66. The van der Waals surface area contributed by atoms with Crippen molar-refractivity contribution in [1.29, 1.82) is 0 Å². The molecular formula is C9H12O2. The van der Waals surface area contributed by atoms with Crippen LogP contribution in [0.5, 0.6) is 0 Å². The maximum Gasteiger partial charge on any atom is 0.306 e. The van der Waals surface area contributed by atoms with Crippen LogP contribution in [0.1, 0.15) is 25.7 Å². The molecule has 1 aliphatic carbocycles. The van der Waals surface area contributed by atoms with Crippen LogP contribution >= 0.6 is 0 Å². The van der Waals surface area contributed by atoms with E-state index in [0.29, 0.717) is 13.0 Å². The normalized spacial score (nSPS) is 36.2. The van der Waals surface area contributed by atoms with E-state index in [-0.39, 0.29) is 11.4 Å². The van der Waals surface area contributed by atoms with E-state index in [1.807, 2.05) is 0 Å². The summed E-state index contributed by atoms with van der Waals surface area (Å²) in [4.78, 5) is 10.9. The molecule has 2 nitrogen and oxygen atoms in total. The van der Waals surface area contributed by atoms with Crippen LogP contribution in [0.25, 0.3) is 0 Å². The van der Waals surface area contributed by atoms with Crippen LogP contribution in [-0.2, 0) is 9.53 Å². The van der Waals surface area contributed by atoms with Crippen molar-refractivity contribution < 1.29 is 9.53 Å². The lowest BCUT2D eigenvalue weighted by Crippen LogP contribution is -2.19. The van der Waals surface area contributed by atoms with Gasteiger partial charge in [-0.2, -0.15) is 0 Å². The van der Waals surface area contributed by atoms with Crippen LogP contribution in [0, 0.1) is 5.41 Å². The first-order valence-corrected chi connectivity index (χ1v) is 4.14. The summed E-state index contributed by atoms with van der Waals surface area (Å²) in [6.45, 7) is 0.613. The van der Waals surface area contributed by atoms with E-state index >= 15 is 0 Å². The number of carbonyl (C=O) groups excluding carboxylic acids is 1. The highest BCUT2D eigenvalue weighted by atomic mass is 16.5. The molecule has 1 atom stereocenters. The fourth-order valence-electron chi connectivity index (χ4n) is 1.87. The molecule has 0 N–H and O–H groups in total. The maximum absolute atomic E-state index is 10.9. The van der Waals surface area contributed by atoms with Gasteiger partial charge in [-0.3, -0.25) is 4.79 Å². The van der Waals surface area contributed by atoms with Crippen LogP contribution in [0.3, 0.4) is 0 Å². The number of ether oxygens (including phenoxy) is 1. The van der Waals surface area contributed by atoms with Crippen LogP contribution in [0.2, 0.25) is 0 Å². The lowest BCUT2D eigenvalue weighted by atomic mass is 9.78. The monoisotopic (exact) mass is 152 g/mol. The average Bonchev–Trinajstić information content (AvgIpc) is 2.34. The van der Waals surface area contributed by atoms with E-state index in [1.54, 1.807) is 0 Å². The molecule has 1 aliphatic heterocycles. The number of hydrogen-bond donors (Lipinski definition) is 0. The van der Waals surface area contributed by atoms with E-state index in [9.17, 15) is 4.79 Å². The molecule has 0 saturated carbocycles. The minimum Gasteiger partial charge on any atom is -0.465 e. The molecule has 1 fully saturated rings. The van der Waals surface area contributed by atoms with Gasteiger partial charge in [0.1, 0.15) is 6.61 Å². The Hall–Kier alpha value is -0.790. The molecular weight excluding hydrogens is 140 g/mol. The van der Waals surface area contributed by atoms with Gasteiger partial charge in [0, 0.05) is 5.41 Å². The first-order chi connectivity index (χ1) is 5.31. The number of allylic oxidation sites excluding steroid dienone is 1. The van der Waals surface area contributed by atoms with Gasteiger partial charge >= 0.3 is 5.97 Å². The summed E-state index contributed by atoms with van der Waals surface area (Å²) < 4.78 is 4.96. The van der Waals surface area contributed by atoms with Crippen molar-refractivity contribution >= 4 is 5.97 Å². The van der Waals surface area contributed by atoms with Crippen LogP contribution in [0.15, 0.2) is 12.2 Å². The lowest BCUT2D eigenvalue weighted by Gasteiger charge is -2.24. The SMILES string of the molecule is O=C1C[C@]2(C=CCCC2)CO1. The smallest absolute Gasteiger partial charge is 0.306 e. The predicted molar refractivity (Wildman–Crippen MR) is 41.0 cm³/mol. The van der Waals surface area contributed by atoms with Gasteiger partial charge in [-0.25, -0.2) is 0 Å². The number of rotatable bonds is 0. The van der Waals surface area contributed by atoms with Gasteiger partial charge < -0.3 is 4.74 Å². The van der Waals surface area contributed by atoms with Crippen LogP contribution in [0.4, 0.5) is 0 Å². The van der Waals surface area contributed by atoms with Crippen molar-refractivity contribution in [1.82, 2.24) is 0 Å². The standard InChI is InChI=1S/C9H12O2/c10-8-6-9(7-11-8)4-2-1-3-5-9/h2,4H,1,3,5-7H2/t9-/m1/s1. The Bertz CT molecular complexity index is 208. The summed E-state index contributed by atoms with van der Waals surface area (Å²) in [6, 6.07) is 0. The van der Waals surface area contributed by atoms with E-state index in [4.69, 9.17) is 4.74 Å². The highest BCUT2D eigenvalue weighted by Gasteiger charge is 2.38. The molecule has 1 heterocycles. The fraction of sp³-hybridized carbons (Fsp3) is 0.667. The number of esters is 1. The lowest BCUT2D eigenvalue weighted by molar-refractivity contribution is -0.137. The third kappa shape index (κ3) is 1.17. The average molecular weight is 152 g/mol. The fourth-order valence-corrected chi connectivity index (χ4v) is 1.87. The molecule has 2 heteroatoms. The molecule has 0 aromatic carbocycles. The van der Waals surface area contributed by atoms with Crippen molar-refractivity contribution in [2.75, 3.05) is 6.61 Å². The van der Waals surface area contributed by atoms with Crippen molar-refractivity contribution in [3.05, 3.63) is 12.2 Å². The molecule has 2 aliphatic rings.